The Balaban J connectivity index is 1.90. The number of carbonyl (C=O) groups excluding carboxylic acids is 1. The van der Waals surface area contributed by atoms with Gasteiger partial charge in [0, 0.05) is 24.5 Å². The molecule has 18 heavy (non-hydrogen) atoms. The molecule has 2 N–H and O–H groups in total. The van der Waals surface area contributed by atoms with Gasteiger partial charge in [-0.1, -0.05) is 0 Å². The van der Waals surface area contributed by atoms with Crippen LogP contribution in [0, 0.1) is 5.41 Å². The van der Waals surface area contributed by atoms with Gasteiger partial charge < -0.3 is 15.2 Å². The average molecular weight is 273 g/mol. The van der Waals surface area contributed by atoms with Crippen LogP contribution in [-0.2, 0) is 14.3 Å². The molecule has 5 nitrogen and oxygen atoms in total. The zero-order valence-corrected chi connectivity index (χ0v) is 11.3. The van der Waals surface area contributed by atoms with E-state index in [0.29, 0.717) is 32.6 Å². The van der Waals surface area contributed by atoms with Crippen LogP contribution in [0.15, 0.2) is 0 Å². The van der Waals surface area contributed by atoms with E-state index >= 15 is 0 Å². The first kappa shape index (κ1) is 13.7. The molecule has 1 saturated heterocycles. The van der Waals surface area contributed by atoms with E-state index in [1.807, 2.05) is 6.26 Å². The lowest BCUT2D eigenvalue weighted by Gasteiger charge is -2.36. The third kappa shape index (κ3) is 2.49. The number of carboxylic acids is 1. The van der Waals surface area contributed by atoms with Crippen LogP contribution in [0.25, 0.3) is 0 Å². The van der Waals surface area contributed by atoms with Gasteiger partial charge in [0.2, 0.25) is 5.91 Å². The minimum absolute atomic E-state index is 0.00247. The van der Waals surface area contributed by atoms with E-state index in [1.54, 1.807) is 11.8 Å². The van der Waals surface area contributed by atoms with Gasteiger partial charge in [0.05, 0.1) is 0 Å². The van der Waals surface area contributed by atoms with Gasteiger partial charge in [-0.2, -0.15) is 11.8 Å². The van der Waals surface area contributed by atoms with E-state index < -0.39 is 11.4 Å². The topological polar surface area (TPSA) is 75.6 Å². The van der Waals surface area contributed by atoms with E-state index in [9.17, 15) is 9.59 Å². The van der Waals surface area contributed by atoms with Crippen molar-refractivity contribution in [2.75, 3.05) is 26.0 Å². The Labute approximate surface area is 111 Å². The van der Waals surface area contributed by atoms with E-state index in [1.165, 1.54) is 0 Å². The maximum absolute atomic E-state index is 11.9. The fourth-order valence-corrected chi connectivity index (χ4v) is 3.06. The summed E-state index contributed by atoms with van der Waals surface area (Å²) in [5.74, 6) is -1.32. The predicted molar refractivity (Wildman–Crippen MR) is 68.6 cm³/mol. The van der Waals surface area contributed by atoms with E-state index in [4.69, 9.17) is 9.84 Å². The predicted octanol–water partition coefficient (Wildman–Crippen LogP) is 0.880. The third-order valence-electron chi connectivity index (χ3n) is 4.00. The summed E-state index contributed by atoms with van der Waals surface area (Å²) in [6, 6.07) is 0. The number of hydrogen-bond acceptors (Lipinski definition) is 4. The number of thioether (sulfide) groups is 1. The Morgan fingerprint density at radius 3 is 2.33 bits per heavy atom. The highest BCUT2D eigenvalue weighted by atomic mass is 32.2. The molecule has 2 rings (SSSR count). The van der Waals surface area contributed by atoms with Crippen molar-refractivity contribution in [3.63, 3.8) is 0 Å². The number of nitrogens with one attached hydrogen (secondary N) is 1. The van der Waals surface area contributed by atoms with Crippen molar-refractivity contribution >= 4 is 23.6 Å². The Morgan fingerprint density at radius 1 is 1.28 bits per heavy atom. The summed E-state index contributed by atoms with van der Waals surface area (Å²) in [5.41, 5.74) is -1.13. The number of hydrogen-bond donors (Lipinski definition) is 2. The van der Waals surface area contributed by atoms with Gasteiger partial charge in [0.15, 0.2) is 0 Å². The second kappa shape index (κ2) is 5.09. The molecule has 6 heteroatoms. The zero-order valence-electron chi connectivity index (χ0n) is 10.5. The summed E-state index contributed by atoms with van der Waals surface area (Å²) in [5, 5.41) is 11.9. The molecule has 1 heterocycles. The Kier molecular flexibility index (Phi) is 3.87. The average Bonchev–Trinajstić information content (AvgIpc) is 3.18. The molecule has 0 unspecified atom stereocenters. The molecule has 0 aromatic rings. The van der Waals surface area contributed by atoms with Crippen LogP contribution in [0.4, 0.5) is 0 Å². The fraction of sp³-hybridized carbons (Fsp3) is 0.833. The SMILES string of the molecule is CSC1(CNC(=O)C2(C(=O)O)CC2)CCOCC1. The minimum atomic E-state index is -1.13. The molecule has 0 radical (unpaired) electrons. The summed E-state index contributed by atoms with van der Waals surface area (Å²) in [6.45, 7) is 1.95. The van der Waals surface area contributed by atoms with Crippen LogP contribution in [0.1, 0.15) is 25.7 Å². The molecule has 102 valence electrons. The second-order valence-corrected chi connectivity index (χ2v) is 6.34. The lowest BCUT2D eigenvalue weighted by atomic mass is 9.98. The smallest absolute Gasteiger partial charge is 0.319 e. The molecule has 1 aliphatic carbocycles. The van der Waals surface area contributed by atoms with E-state index in [-0.39, 0.29) is 10.7 Å². The molecule has 0 aromatic carbocycles. The maximum atomic E-state index is 11.9. The molecule has 2 aliphatic rings. The highest BCUT2D eigenvalue weighted by Crippen LogP contribution is 2.46. The first-order valence-electron chi connectivity index (χ1n) is 6.19. The Hall–Kier alpha value is -0.750. The first-order chi connectivity index (χ1) is 8.55. The van der Waals surface area contributed by atoms with Gasteiger partial charge in [-0.3, -0.25) is 9.59 Å². The lowest BCUT2D eigenvalue weighted by molar-refractivity contribution is -0.149. The molecular formula is C12H19NO4S. The van der Waals surface area contributed by atoms with E-state index in [2.05, 4.69) is 5.32 Å². The number of carboxylic acid groups (broad SMARTS) is 1. The number of amides is 1. The van der Waals surface area contributed by atoms with Crippen molar-refractivity contribution in [1.82, 2.24) is 5.32 Å². The van der Waals surface area contributed by atoms with Crippen LogP contribution in [0.3, 0.4) is 0 Å². The van der Waals surface area contributed by atoms with Crippen LogP contribution in [0.2, 0.25) is 0 Å². The molecule has 2 fully saturated rings. The van der Waals surface area contributed by atoms with Crippen molar-refractivity contribution in [2.45, 2.75) is 30.4 Å². The molecule has 1 amide bonds. The van der Waals surface area contributed by atoms with Crippen molar-refractivity contribution in [2.24, 2.45) is 5.41 Å². The van der Waals surface area contributed by atoms with Crippen molar-refractivity contribution < 1.29 is 19.4 Å². The van der Waals surface area contributed by atoms with Crippen LogP contribution < -0.4 is 5.32 Å². The summed E-state index contributed by atoms with van der Waals surface area (Å²) in [4.78, 5) is 23.0. The Bertz CT molecular complexity index is 348. The highest BCUT2D eigenvalue weighted by Gasteiger charge is 2.57. The van der Waals surface area contributed by atoms with Gasteiger partial charge in [-0.15, -0.1) is 0 Å². The summed E-state index contributed by atoms with van der Waals surface area (Å²) < 4.78 is 5.33. The van der Waals surface area contributed by atoms with Crippen molar-refractivity contribution in [3.8, 4) is 0 Å². The molecule has 0 bridgehead atoms. The van der Waals surface area contributed by atoms with Crippen LogP contribution >= 0.6 is 11.8 Å². The number of ether oxygens (including phenoxy) is 1. The summed E-state index contributed by atoms with van der Waals surface area (Å²) in [6.07, 6.45) is 4.75. The Morgan fingerprint density at radius 2 is 1.89 bits per heavy atom. The van der Waals surface area contributed by atoms with Crippen LogP contribution in [-0.4, -0.2) is 47.7 Å². The monoisotopic (exact) mass is 273 g/mol. The molecule has 0 aromatic heterocycles. The van der Waals surface area contributed by atoms with Crippen LogP contribution in [0.5, 0.6) is 0 Å². The summed E-state index contributed by atoms with van der Waals surface area (Å²) in [7, 11) is 0. The molecule has 0 atom stereocenters. The van der Waals surface area contributed by atoms with Gasteiger partial charge >= 0.3 is 5.97 Å². The third-order valence-corrected chi connectivity index (χ3v) is 5.42. The van der Waals surface area contributed by atoms with Gasteiger partial charge in [-0.25, -0.2) is 0 Å². The number of rotatable bonds is 5. The van der Waals surface area contributed by atoms with Gasteiger partial charge in [0.1, 0.15) is 5.41 Å². The number of aliphatic carboxylic acids is 1. The zero-order chi connectivity index (χ0) is 13.2. The normalized spacial score (nSPS) is 24.3. The minimum Gasteiger partial charge on any atom is -0.480 e. The quantitative estimate of drug-likeness (QED) is 0.727. The standard InChI is InChI=1S/C12H19NO4S/c1-18-11(4-6-17-7-5-11)8-13-9(14)12(2-3-12)10(15)16/h2-8H2,1H3,(H,13,14)(H,15,16). The molecule has 1 saturated carbocycles. The van der Waals surface area contributed by atoms with Crippen molar-refractivity contribution in [3.05, 3.63) is 0 Å². The van der Waals surface area contributed by atoms with E-state index in [0.717, 1.165) is 12.8 Å². The van der Waals surface area contributed by atoms with Gasteiger partial charge in [0.25, 0.3) is 0 Å². The molecular weight excluding hydrogens is 254 g/mol. The second-order valence-electron chi connectivity index (χ2n) is 5.07. The maximum Gasteiger partial charge on any atom is 0.319 e. The highest BCUT2D eigenvalue weighted by molar-refractivity contribution is 8.00. The van der Waals surface area contributed by atoms with Gasteiger partial charge in [-0.05, 0) is 31.9 Å². The summed E-state index contributed by atoms with van der Waals surface area (Å²) >= 11 is 1.73. The molecule has 1 aliphatic heterocycles. The van der Waals surface area contributed by atoms with Crippen molar-refractivity contribution in [1.29, 1.82) is 0 Å². The first-order valence-corrected chi connectivity index (χ1v) is 7.42. The fourth-order valence-electron chi connectivity index (χ4n) is 2.27. The molecule has 0 spiro atoms. The lowest BCUT2D eigenvalue weighted by Crippen LogP contribution is -2.47. The number of carbonyl (C=O) groups is 2. The largest absolute Gasteiger partial charge is 0.480 e.